The van der Waals surface area contributed by atoms with Crippen molar-refractivity contribution in [1.29, 1.82) is 0 Å². The van der Waals surface area contributed by atoms with Crippen molar-refractivity contribution in [2.75, 3.05) is 9.80 Å². The fourth-order valence-electron chi connectivity index (χ4n) is 10.0. The van der Waals surface area contributed by atoms with Crippen LogP contribution in [-0.2, 0) is 23.7 Å². The average molecular weight is 867 g/mol. The van der Waals surface area contributed by atoms with Crippen LogP contribution in [0.1, 0.15) is 116 Å². The third-order valence-electron chi connectivity index (χ3n) is 13.5. The number of hydrogen-bond acceptors (Lipinski definition) is 2. The number of fused-ring (bicyclic) bond motifs is 6. The Kier molecular flexibility index (Phi) is 11.2. The molecular formula is C64H70N2. The summed E-state index contributed by atoms with van der Waals surface area (Å²) >= 11 is 0. The molecule has 0 unspecified atom stereocenters. The lowest BCUT2D eigenvalue weighted by Crippen LogP contribution is -2.16. The molecule has 0 saturated carbocycles. The summed E-state index contributed by atoms with van der Waals surface area (Å²) in [6.45, 7) is 32.3. The summed E-state index contributed by atoms with van der Waals surface area (Å²) in [5.41, 5.74) is 20.8. The van der Waals surface area contributed by atoms with Gasteiger partial charge in [-0.3, -0.25) is 0 Å². The van der Waals surface area contributed by atoms with E-state index in [1.54, 1.807) is 0 Å². The monoisotopic (exact) mass is 867 g/mol. The van der Waals surface area contributed by atoms with Crippen LogP contribution in [0.2, 0.25) is 0 Å². The maximum absolute atomic E-state index is 2.49. The first-order chi connectivity index (χ1) is 31.0. The number of hydrogen-bond donors (Lipinski definition) is 0. The zero-order valence-electron chi connectivity index (χ0n) is 42.2. The molecule has 0 aromatic heterocycles. The van der Waals surface area contributed by atoms with Crippen LogP contribution >= 0.6 is 0 Å². The SMILES string of the molecule is Cc1ccc(C(C)(C)C)cc1N(c1cccc(CC(C)(C)C)c1)c1ccc2cc3c(cc2c1)-c1cc2cc(N(c4cccc(CC(C)(C)C)c4)c4cc(C(C)(C)C)ccc4C)ccc2cc1-3. The molecule has 0 fully saturated rings. The van der Waals surface area contributed by atoms with E-state index in [9.17, 15) is 0 Å². The van der Waals surface area contributed by atoms with Gasteiger partial charge < -0.3 is 9.80 Å². The predicted molar refractivity (Wildman–Crippen MR) is 288 cm³/mol. The highest BCUT2D eigenvalue weighted by atomic mass is 15.1. The van der Waals surface area contributed by atoms with Gasteiger partial charge in [-0.15, -0.1) is 0 Å². The second-order valence-corrected chi connectivity index (χ2v) is 23.8. The van der Waals surface area contributed by atoms with Gasteiger partial charge in [-0.1, -0.05) is 144 Å². The van der Waals surface area contributed by atoms with Crippen LogP contribution in [0.3, 0.4) is 0 Å². The number of aryl methyl sites for hydroxylation is 2. The molecule has 0 aliphatic heterocycles. The van der Waals surface area contributed by atoms with Crippen LogP contribution in [0.5, 0.6) is 0 Å². The predicted octanol–water partition coefficient (Wildman–Crippen LogP) is 19.0. The zero-order chi connectivity index (χ0) is 47.1. The molecule has 66 heavy (non-hydrogen) atoms. The fourth-order valence-corrected chi connectivity index (χ4v) is 10.0. The van der Waals surface area contributed by atoms with Gasteiger partial charge in [-0.2, -0.15) is 0 Å². The lowest BCUT2D eigenvalue weighted by molar-refractivity contribution is 0.411. The van der Waals surface area contributed by atoms with Crippen molar-refractivity contribution < 1.29 is 0 Å². The summed E-state index contributed by atoms with van der Waals surface area (Å²) in [5, 5.41) is 5.03. The summed E-state index contributed by atoms with van der Waals surface area (Å²) < 4.78 is 0. The van der Waals surface area contributed by atoms with E-state index in [1.165, 1.54) is 111 Å². The molecule has 0 N–H and O–H groups in total. The minimum atomic E-state index is 0.0257. The summed E-state index contributed by atoms with van der Waals surface area (Å²) in [6, 6.07) is 56.2. The molecule has 0 heterocycles. The van der Waals surface area contributed by atoms with E-state index in [0.29, 0.717) is 0 Å². The molecule has 336 valence electrons. The first-order valence-corrected chi connectivity index (χ1v) is 24.2. The van der Waals surface area contributed by atoms with Gasteiger partial charge in [0.15, 0.2) is 0 Å². The van der Waals surface area contributed by atoms with Crippen molar-refractivity contribution in [1.82, 2.24) is 0 Å². The number of rotatable bonds is 8. The summed E-state index contributed by atoms with van der Waals surface area (Å²) in [5.74, 6) is 0. The Morgan fingerprint density at radius 1 is 0.333 bits per heavy atom. The van der Waals surface area contributed by atoms with Crippen LogP contribution in [0.25, 0.3) is 43.8 Å². The van der Waals surface area contributed by atoms with E-state index < -0.39 is 0 Å². The fraction of sp³-hybridized carbons (Fsp3) is 0.312. The van der Waals surface area contributed by atoms with E-state index >= 15 is 0 Å². The van der Waals surface area contributed by atoms with Gasteiger partial charge in [0.25, 0.3) is 0 Å². The van der Waals surface area contributed by atoms with Gasteiger partial charge in [0.05, 0.1) is 0 Å². The van der Waals surface area contributed by atoms with Crippen molar-refractivity contribution >= 4 is 55.7 Å². The molecule has 8 aromatic carbocycles. The quantitative estimate of drug-likeness (QED) is 0.150. The van der Waals surface area contributed by atoms with E-state index in [-0.39, 0.29) is 21.7 Å². The first kappa shape index (κ1) is 45.1. The highest BCUT2D eigenvalue weighted by Crippen LogP contribution is 2.52. The highest BCUT2D eigenvalue weighted by Gasteiger charge is 2.27. The molecule has 0 radical (unpaired) electrons. The smallest absolute Gasteiger partial charge is 0.0493 e. The van der Waals surface area contributed by atoms with Crippen LogP contribution in [0.4, 0.5) is 34.1 Å². The van der Waals surface area contributed by atoms with E-state index in [0.717, 1.165) is 12.8 Å². The summed E-state index contributed by atoms with van der Waals surface area (Å²) in [7, 11) is 0. The Morgan fingerprint density at radius 2 is 0.682 bits per heavy atom. The molecule has 0 saturated heterocycles. The maximum Gasteiger partial charge on any atom is 0.0493 e. The van der Waals surface area contributed by atoms with Crippen LogP contribution in [0, 0.1) is 24.7 Å². The number of nitrogens with zero attached hydrogens (tertiary/aromatic N) is 2. The van der Waals surface area contributed by atoms with Crippen molar-refractivity contribution in [2.24, 2.45) is 10.8 Å². The van der Waals surface area contributed by atoms with Gasteiger partial charge in [-0.05, 0) is 210 Å². The Labute approximate surface area is 396 Å². The molecule has 1 aliphatic carbocycles. The Balaban J connectivity index is 1.15. The molecule has 1 aliphatic rings. The molecule has 0 bridgehead atoms. The molecule has 9 rings (SSSR count). The summed E-state index contributed by atoms with van der Waals surface area (Å²) in [6.07, 6.45) is 2.03. The summed E-state index contributed by atoms with van der Waals surface area (Å²) in [4.78, 5) is 4.98. The second kappa shape index (κ2) is 16.3. The maximum atomic E-state index is 2.49. The molecule has 2 heteroatoms. The van der Waals surface area contributed by atoms with Gasteiger partial charge in [-0.25, -0.2) is 0 Å². The zero-order valence-corrected chi connectivity index (χ0v) is 42.2. The first-order valence-electron chi connectivity index (χ1n) is 24.2. The molecule has 2 nitrogen and oxygen atoms in total. The normalized spacial score (nSPS) is 12.8. The molecule has 0 atom stereocenters. The van der Waals surface area contributed by atoms with Crippen LogP contribution in [-0.4, -0.2) is 0 Å². The van der Waals surface area contributed by atoms with Crippen molar-refractivity contribution in [2.45, 2.75) is 121 Å². The topological polar surface area (TPSA) is 6.48 Å². The van der Waals surface area contributed by atoms with Gasteiger partial charge >= 0.3 is 0 Å². The molecule has 0 spiro atoms. The Bertz CT molecular complexity index is 2940. The van der Waals surface area contributed by atoms with E-state index in [4.69, 9.17) is 0 Å². The third kappa shape index (κ3) is 9.05. The molecule has 0 amide bonds. The number of benzene rings is 8. The van der Waals surface area contributed by atoms with E-state index in [2.05, 4.69) is 252 Å². The largest absolute Gasteiger partial charge is 0.310 e. The van der Waals surface area contributed by atoms with Crippen LogP contribution in [0.15, 0.2) is 146 Å². The Morgan fingerprint density at radius 3 is 1.03 bits per heavy atom. The minimum absolute atomic E-state index is 0.0257. The van der Waals surface area contributed by atoms with Gasteiger partial charge in [0, 0.05) is 34.1 Å². The average Bonchev–Trinajstić information content (AvgIpc) is 3.22. The van der Waals surface area contributed by atoms with Crippen molar-refractivity contribution in [3.63, 3.8) is 0 Å². The lowest BCUT2D eigenvalue weighted by Gasteiger charge is -2.31. The molecule has 8 aromatic rings. The van der Waals surface area contributed by atoms with Crippen molar-refractivity contribution in [3.05, 3.63) is 179 Å². The van der Waals surface area contributed by atoms with Crippen LogP contribution < -0.4 is 9.80 Å². The van der Waals surface area contributed by atoms with Gasteiger partial charge in [0.1, 0.15) is 0 Å². The number of anilines is 6. The minimum Gasteiger partial charge on any atom is -0.310 e. The van der Waals surface area contributed by atoms with Crippen molar-refractivity contribution in [3.8, 4) is 22.3 Å². The van der Waals surface area contributed by atoms with E-state index in [1.807, 2.05) is 0 Å². The Hall–Kier alpha value is -6.12. The molecular weight excluding hydrogens is 797 g/mol. The second-order valence-electron chi connectivity index (χ2n) is 23.8. The van der Waals surface area contributed by atoms with Gasteiger partial charge in [0.2, 0.25) is 0 Å². The lowest BCUT2D eigenvalue weighted by atomic mass is 9.78. The standard InChI is InChI=1S/C64H70N2/c1-41-21-25-49(63(9,10)11)37-59(41)65(51-19-15-17-43(29-51)39-61(3,4)5)53-27-23-45-33-55-56-34-46-24-28-54(32-48(46)36-58(56)57(55)35-47(45)31-53)66(52-20-16-18-44(30-52)40-62(6,7)8)60-38-50(64(12,13)14)26-22-42(60)2/h15-38H,39-40H2,1-14H3. The third-order valence-corrected chi connectivity index (χ3v) is 13.5. The highest BCUT2D eigenvalue weighted by molar-refractivity contribution is 6.12.